The maximum Gasteiger partial charge on any atom is 0.267 e. The lowest BCUT2D eigenvalue weighted by Gasteiger charge is -2.12. The van der Waals surface area contributed by atoms with E-state index in [0.717, 1.165) is 0 Å². The summed E-state index contributed by atoms with van der Waals surface area (Å²) in [4.78, 5) is 0. The molecule has 0 unspecified atom stereocenters. The van der Waals surface area contributed by atoms with Crippen LogP contribution in [0, 0.1) is 0 Å². The molecule has 0 aliphatic heterocycles. The molecule has 1 N–H and O–H groups in total. The summed E-state index contributed by atoms with van der Waals surface area (Å²) < 4.78 is 13.6. The summed E-state index contributed by atoms with van der Waals surface area (Å²) >= 11 is 4.80. The van der Waals surface area contributed by atoms with Crippen LogP contribution in [0.1, 0.15) is 0 Å². The van der Waals surface area contributed by atoms with Gasteiger partial charge in [-0.05, 0) is 36.5 Å². The smallest absolute Gasteiger partial charge is 0.267 e. The van der Waals surface area contributed by atoms with Gasteiger partial charge < -0.3 is 0 Å². The number of hydrazine groups is 1. The van der Waals surface area contributed by atoms with Gasteiger partial charge in [-0.25, -0.2) is 0 Å². The molecule has 0 amide bonds. The molecule has 0 radical (unpaired) electrons. The highest BCUT2D eigenvalue weighted by molar-refractivity contribution is 7.80. The van der Waals surface area contributed by atoms with Crippen LogP contribution in [0.5, 0.6) is 0 Å². The van der Waals surface area contributed by atoms with Gasteiger partial charge in [0.25, 0.3) is 5.11 Å². The molecule has 2 aromatic carbocycles. The second kappa shape index (κ2) is 6.55. The van der Waals surface area contributed by atoms with Gasteiger partial charge in [0.15, 0.2) is 0 Å². The predicted molar refractivity (Wildman–Crippen MR) is 76.6 cm³/mol. The highest BCUT2D eigenvalue weighted by atomic mass is 32.1. The second-order valence-corrected chi connectivity index (χ2v) is 3.94. The van der Waals surface area contributed by atoms with E-state index >= 15 is 0 Å². The third-order valence-electron chi connectivity index (χ3n) is 2.18. The molecular weight excluding hydrogens is 263 g/mol. The highest BCUT2D eigenvalue weighted by Crippen LogP contribution is 2.12. The standard InChI is InChI=1S/C13H11FN4S/c14-18(17-12-9-5-2-6-10-12)13(19)16-15-11-7-3-1-4-8-11/h1-10,17H. The third-order valence-corrected chi connectivity index (χ3v) is 2.42. The van der Waals surface area contributed by atoms with Crippen molar-refractivity contribution in [3.63, 3.8) is 0 Å². The number of hydrogen-bond donors (Lipinski definition) is 1. The minimum Gasteiger partial charge on any atom is -0.268 e. The van der Waals surface area contributed by atoms with Gasteiger partial charge in [0.1, 0.15) is 0 Å². The van der Waals surface area contributed by atoms with E-state index in [1.807, 2.05) is 24.3 Å². The maximum absolute atomic E-state index is 13.6. The number of nitrogens with one attached hydrogen (secondary N) is 1. The Labute approximate surface area is 115 Å². The van der Waals surface area contributed by atoms with Gasteiger partial charge >= 0.3 is 0 Å². The van der Waals surface area contributed by atoms with E-state index in [4.69, 9.17) is 12.2 Å². The van der Waals surface area contributed by atoms with E-state index in [2.05, 4.69) is 15.7 Å². The van der Waals surface area contributed by atoms with Crippen LogP contribution in [0.3, 0.4) is 0 Å². The summed E-state index contributed by atoms with van der Waals surface area (Å²) in [7, 11) is 0. The molecule has 0 aliphatic rings. The number of nitrogens with zero attached hydrogens (tertiary/aromatic N) is 3. The molecule has 0 saturated heterocycles. The summed E-state index contributed by atoms with van der Waals surface area (Å²) in [5.41, 5.74) is 3.63. The Balaban J connectivity index is 1.95. The average molecular weight is 274 g/mol. The largest absolute Gasteiger partial charge is 0.268 e. The molecule has 2 rings (SSSR count). The summed E-state index contributed by atoms with van der Waals surface area (Å²) in [5.74, 6) is 0. The molecule has 96 valence electrons. The molecule has 2 aromatic rings. The Kier molecular flexibility index (Phi) is 4.52. The number of azo groups is 1. The van der Waals surface area contributed by atoms with Gasteiger partial charge in [-0.2, -0.15) is 0 Å². The number of halogens is 1. The number of para-hydroxylation sites is 1. The fourth-order valence-electron chi connectivity index (χ4n) is 1.31. The first-order valence-electron chi connectivity index (χ1n) is 5.54. The van der Waals surface area contributed by atoms with E-state index in [-0.39, 0.29) is 10.3 Å². The van der Waals surface area contributed by atoms with E-state index in [0.29, 0.717) is 11.4 Å². The fraction of sp³-hybridized carbons (Fsp3) is 0. The average Bonchev–Trinajstić information content (AvgIpc) is 2.47. The van der Waals surface area contributed by atoms with Gasteiger partial charge in [0.2, 0.25) is 0 Å². The van der Waals surface area contributed by atoms with Crippen LogP contribution in [-0.2, 0) is 0 Å². The molecule has 0 atom stereocenters. The zero-order chi connectivity index (χ0) is 13.5. The van der Waals surface area contributed by atoms with Crippen LogP contribution in [0.2, 0.25) is 0 Å². The maximum atomic E-state index is 13.6. The normalized spacial score (nSPS) is 10.4. The topological polar surface area (TPSA) is 40.0 Å². The van der Waals surface area contributed by atoms with Crippen molar-refractivity contribution in [2.75, 3.05) is 5.43 Å². The van der Waals surface area contributed by atoms with Crippen molar-refractivity contribution in [1.29, 1.82) is 0 Å². The first kappa shape index (κ1) is 13.1. The van der Waals surface area contributed by atoms with E-state index in [1.165, 1.54) is 0 Å². The van der Waals surface area contributed by atoms with Crippen molar-refractivity contribution in [2.45, 2.75) is 0 Å². The lowest BCUT2D eigenvalue weighted by Crippen LogP contribution is -2.25. The highest BCUT2D eigenvalue weighted by Gasteiger charge is 2.07. The van der Waals surface area contributed by atoms with Crippen LogP contribution in [0.25, 0.3) is 0 Å². The number of benzene rings is 2. The number of anilines is 1. The molecule has 6 heteroatoms. The number of hydrogen-bond acceptors (Lipinski definition) is 3. The van der Waals surface area contributed by atoms with Crippen LogP contribution in [-0.4, -0.2) is 10.3 Å². The van der Waals surface area contributed by atoms with Crippen molar-refractivity contribution in [1.82, 2.24) is 5.23 Å². The minimum atomic E-state index is -0.298. The van der Waals surface area contributed by atoms with E-state index < -0.39 is 0 Å². The Hall–Kier alpha value is -2.34. The van der Waals surface area contributed by atoms with Gasteiger partial charge in [-0.3, -0.25) is 5.43 Å². The van der Waals surface area contributed by atoms with Gasteiger partial charge in [0.05, 0.1) is 11.4 Å². The molecule has 19 heavy (non-hydrogen) atoms. The Morgan fingerprint density at radius 1 is 1.00 bits per heavy atom. The molecule has 0 fully saturated rings. The molecule has 0 saturated carbocycles. The summed E-state index contributed by atoms with van der Waals surface area (Å²) in [5, 5.41) is 7.32. The van der Waals surface area contributed by atoms with Gasteiger partial charge in [0, 0.05) is 0 Å². The molecule has 0 bridgehead atoms. The minimum absolute atomic E-state index is 0.150. The predicted octanol–water partition coefficient (Wildman–Crippen LogP) is 4.27. The Morgan fingerprint density at radius 3 is 2.21 bits per heavy atom. The Bertz CT molecular complexity index is 559. The van der Waals surface area contributed by atoms with Crippen LogP contribution in [0.4, 0.5) is 15.9 Å². The van der Waals surface area contributed by atoms with Crippen molar-refractivity contribution < 1.29 is 4.48 Å². The fourth-order valence-corrected chi connectivity index (χ4v) is 1.39. The molecule has 0 spiro atoms. The van der Waals surface area contributed by atoms with Crippen molar-refractivity contribution in [3.05, 3.63) is 60.7 Å². The van der Waals surface area contributed by atoms with E-state index in [1.54, 1.807) is 36.4 Å². The lowest BCUT2D eigenvalue weighted by molar-refractivity contribution is 0.160. The van der Waals surface area contributed by atoms with Crippen molar-refractivity contribution >= 4 is 28.7 Å². The van der Waals surface area contributed by atoms with Crippen LogP contribution < -0.4 is 5.43 Å². The molecule has 0 heterocycles. The van der Waals surface area contributed by atoms with Crippen LogP contribution >= 0.6 is 12.2 Å². The SMILES string of the molecule is FN(Nc1ccccc1)C(=S)N=Nc1ccccc1. The van der Waals surface area contributed by atoms with E-state index in [9.17, 15) is 4.48 Å². The monoisotopic (exact) mass is 274 g/mol. The molecule has 0 aliphatic carbocycles. The second-order valence-electron chi connectivity index (χ2n) is 3.58. The first-order valence-corrected chi connectivity index (χ1v) is 5.95. The third kappa shape index (κ3) is 4.11. The zero-order valence-corrected chi connectivity index (χ0v) is 10.7. The van der Waals surface area contributed by atoms with Crippen LogP contribution in [0.15, 0.2) is 70.9 Å². The molecular formula is C13H11FN4S. The van der Waals surface area contributed by atoms with Gasteiger partial charge in [-0.1, -0.05) is 46.1 Å². The summed E-state index contributed by atoms with van der Waals surface area (Å²) in [6.07, 6.45) is 0. The van der Waals surface area contributed by atoms with Crippen molar-refractivity contribution in [3.8, 4) is 0 Å². The molecule has 0 aromatic heterocycles. The van der Waals surface area contributed by atoms with Crippen molar-refractivity contribution in [2.24, 2.45) is 10.2 Å². The first-order chi connectivity index (χ1) is 9.25. The summed E-state index contributed by atoms with van der Waals surface area (Å²) in [6, 6.07) is 17.8. The summed E-state index contributed by atoms with van der Waals surface area (Å²) in [6.45, 7) is 0. The Morgan fingerprint density at radius 2 is 1.58 bits per heavy atom. The molecule has 4 nitrogen and oxygen atoms in total. The zero-order valence-electron chi connectivity index (χ0n) is 9.90. The number of thiocarbonyl (C=S) groups is 1. The lowest BCUT2D eigenvalue weighted by atomic mass is 10.3. The van der Waals surface area contributed by atoms with Gasteiger partial charge in [-0.15, -0.1) is 10.2 Å². The quantitative estimate of drug-likeness (QED) is 0.393. The number of rotatable bonds is 3.